The maximum absolute atomic E-state index is 12.6. The van der Waals surface area contributed by atoms with E-state index >= 15 is 0 Å². The fourth-order valence-corrected chi connectivity index (χ4v) is 5.86. The number of benzene rings is 1. The van der Waals surface area contributed by atoms with E-state index in [1.165, 1.54) is 23.6 Å². The third-order valence-electron chi connectivity index (χ3n) is 5.46. The summed E-state index contributed by atoms with van der Waals surface area (Å²) in [5.74, 6) is 0.706. The van der Waals surface area contributed by atoms with Gasteiger partial charge >= 0.3 is 0 Å². The number of nitrogens with zero attached hydrogens (tertiary/aromatic N) is 2. The Morgan fingerprint density at radius 2 is 1.93 bits per heavy atom. The van der Waals surface area contributed by atoms with Crippen LogP contribution in [0.25, 0.3) is 0 Å². The monoisotopic (exact) mass is 414 g/mol. The normalized spacial score (nSPS) is 24.4. The van der Waals surface area contributed by atoms with E-state index in [1.807, 2.05) is 11.8 Å². The van der Waals surface area contributed by atoms with Crippen LogP contribution >= 0.6 is 11.8 Å². The number of hydrogen-bond acceptors (Lipinski definition) is 6. The fraction of sp³-hybridized carbons (Fsp3) is 0.684. The van der Waals surface area contributed by atoms with Crippen LogP contribution in [0.2, 0.25) is 0 Å². The van der Waals surface area contributed by atoms with Crippen molar-refractivity contribution in [2.45, 2.75) is 35.4 Å². The minimum atomic E-state index is -3.44. The zero-order valence-electron chi connectivity index (χ0n) is 16.2. The Kier molecular flexibility index (Phi) is 7.44. The average molecular weight is 415 g/mol. The molecule has 1 saturated carbocycles. The summed E-state index contributed by atoms with van der Waals surface area (Å²) in [5.41, 5.74) is 0. The summed E-state index contributed by atoms with van der Waals surface area (Å²) in [6, 6.07) is 7.39. The summed E-state index contributed by atoms with van der Waals surface area (Å²) in [5, 5.41) is 0.791. The van der Waals surface area contributed by atoms with Gasteiger partial charge in [-0.2, -0.15) is 16.1 Å². The highest BCUT2D eigenvalue weighted by molar-refractivity contribution is 7.99. The third-order valence-corrected chi connectivity index (χ3v) is 8.47. The fourth-order valence-electron chi connectivity index (χ4n) is 3.67. The molecular formula is C19H30N2O4S2. The highest BCUT2D eigenvalue weighted by Crippen LogP contribution is 2.30. The molecule has 1 aromatic rings. The van der Waals surface area contributed by atoms with Crippen molar-refractivity contribution in [2.24, 2.45) is 0 Å². The van der Waals surface area contributed by atoms with Crippen molar-refractivity contribution in [2.75, 3.05) is 52.8 Å². The molecule has 0 N–H and O–H groups in total. The molecule has 0 bridgehead atoms. The van der Waals surface area contributed by atoms with E-state index in [0.29, 0.717) is 49.6 Å². The summed E-state index contributed by atoms with van der Waals surface area (Å²) in [6.45, 7) is 3.20. The molecule has 1 saturated heterocycles. The maximum Gasteiger partial charge on any atom is 0.243 e. The first-order valence-corrected chi connectivity index (χ1v) is 12.3. The topological polar surface area (TPSA) is 59.1 Å². The van der Waals surface area contributed by atoms with Gasteiger partial charge in [0.25, 0.3) is 0 Å². The van der Waals surface area contributed by atoms with Crippen molar-refractivity contribution in [3.05, 3.63) is 24.3 Å². The van der Waals surface area contributed by atoms with Gasteiger partial charge in [0, 0.05) is 30.9 Å². The lowest BCUT2D eigenvalue weighted by atomic mass is 10.2. The van der Waals surface area contributed by atoms with Crippen LogP contribution in [0.5, 0.6) is 5.75 Å². The number of likely N-dealkylation sites (N-methyl/N-ethyl adjacent to an activating group) is 1. The lowest BCUT2D eigenvalue weighted by molar-refractivity contribution is 0.0730. The second-order valence-electron chi connectivity index (χ2n) is 7.14. The largest absolute Gasteiger partial charge is 0.492 e. The van der Waals surface area contributed by atoms with Gasteiger partial charge < -0.3 is 9.47 Å². The molecule has 27 heavy (non-hydrogen) atoms. The first-order valence-electron chi connectivity index (χ1n) is 9.54. The Morgan fingerprint density at radius 3 is 2.56 bits per heavy atom. The van der Waals surface area contributed by atoms with Crippen molar-refractivity contribution in [3.8, 4) is 5.75 Å². The molecule has 8 heteroatoms. The molecule has 0 aromatic heterocycles. The first-order chi connectivity index (χ1) is 13.0. The molecule has 0 radical (unpaired) electrons. The number of morpholine rings is 1. The highest BCUT2D eigenvalue weighted by Gasteiger charge is 2.27. The molecule has 1 heterocycles. The second kappa shape index (κ2) is 9.60. The van der Waals surface area contributed by atoms with E-state index in [2.05, 4.69) is 18.2 Å². The Balaban J connectivity index is 1.48. The number of rotatable bonds is 8. The van der Waals surface area contributed by atoms with E-state index in [4.69, 9.17) is 9.47 Å². The highest BCUT2D eigenvalue weighted by atomic mass is 32.2. The number of hydrogen-bond donors (Lipinski definition) is 0. The average Bonchev–Trinajstić information content (AvgIpc) is 3.18. The van der Waals surface area contributed by atoms with Gasteiger partial charge in [-0.05, 0) is 56.8 Å². The van der Waals surface area contributed by atoms with Crippen LogP contribution in [0.15, 0.2) is 29.2 Å². The van der Waals surface area contributed by atoms with Crippen LogP contribution in [-0.2, 0) is 14.8 Å². The Labute approximate surface area is 167 Å². The van der Waals surface area contributed by atoms with Crippen LogP contribution in [0.4, 0.5) is 0 Å². The van der Waals surface area contributed by atoms with Gasteiger partial charge in [0.2, 0.25) is 10.0 Å². The predicted octanol–water partition coefficient (Wildman–Crippen LogP) is 2.30. The lowest BCUT2D eigenvalue weighted by Crippen LogP contribution is -2.40. The molecule has 3 rings (SSSR count). The van der Waals surface area contributed by atoms with E-state index in [1.54, 1.807) is 24.3 Å². The molecule has 2 fully saturated rings. The maximum atomic E-state index is 12.6. The quantitative estimate of drug-likeness (QED) is 0.651. The van der Waals surface area contributed by atoms with Crippen molar-refractivity contribution >= 4 is 21.8 Å². The Hall–Kier alpha value is -0.800. The minimum absolute atomic E-state index is 0.308. The molecule has 2 aliphatic rings. The summed E-state index contributed by atoms with van der Waals surface area (Å²) in [4.78, 5) is 2.69. The zero-order valence-corrected chi connectivity index (χ0v) is 17.8. The van der Waals surface area contributed by atoms with Crippen LogP contribution in [0, 0.1) is 0 Å². The Morgan fingerprint density at radius 1 is 1.22 bits per heavy atom. The van der Waals surface area contributed by atoms with Crippen LogP contribution in [0.3, 0.4) is 0 Å². The van der Waals surface area contributed by atoms with Crippen LogP contribution < -0.4 is 4.74 Å². The minimum Gasteiger partial charge on any atom is -0.492 e. The third kappa shape index (κ3) is 5.38. The standard InChI is InChI=1S/C19H30N2O4S2/c1-20(16-3-6-18(15-16)26-2)9-14-25-17-4-7-19(8-5-17)27(22,23)21-10-12-24-13-11-21/h4-5,7-8,16,18H,3,6,9-15H2,1-2H3/t16-,18+/m0/s1. The SMILES string of the molecule is CS[C@@H]1CC[C@H](N(C)CCOc2ccc(S(=O)(=O)N3CCOCC3)cc2)C1. The smallest absolute Gasteiger partial charge is 0.243 e. The number of ether oxygens (including phenoxy) is 2. The molecule has 0 spiro atoms. The van der Waals surface area contributed by atoms with Crippen LogP contribution in [-0.4, -0.2) is 81.7 Å². The lowest BCUT2D eigenvalue weighted by Gasteiger charge is -2.26. The second-order valence-corrected chi connectivity index (χ2v) is 10.2. The van der Waals surface area contributed by atoms with Crippen molar-refractivity contribution in [3.63, 3.8) is 0 Å². The van der Waals surface area contributed by atoms with Crippen molar-refractivity contribution < 1.29 is 17.9 Å². The molecule has 1 aliphatic heterocycles. The predicted molar refractivity (Wildman–Crippen MR) is 109 cm³/mol. The molecule has 2 atom stereocenters. The molecule has 1 aliphatic carbocycles. The van der Waals surface area contributed by atoms with Gasteiger partial charge in [-0.1, -0.05) is 0 Å². The Bertz CT molecular complexity index is 690. The first kappa shape index (κ1) is 20.9. The molecule has 152 valence electrons. The van der Waals surface area contributed by atoms with E-state index in [0.717, 1.165) is 11.8 Å². The van der Waals surface area contributed by atoms with Crippen LogP contribution in [0.1, 0.15) is 19.3 Å². The van der Waals surface area contributed by atoms with Crippen molar-refractivity contribution in [1.29, 1.82) is 0 Å². The van der Waals surface area contributed by atoms with E-state index < -0.39 is 10.0 Å². The van der Waals surface area contributed by atoms with Gasteiger partial charge in [0.1, 0.15) is 12.4 Å². The summed E-state index contributed by atoms with van der Waals surface area (Å²) < 4.78 is 37.8. The van der Waals surface area contributed by atoms with Gasteiger partial charge in [-0.15, -0.1) is 0 Å². The molecule has 6 nitrogen and oxygen atoms in total. The molecular weight excluding hydrogens is 384 g/mol. The van der Waals surface area contributed by atoms with Crippen molar-refractivity contribution in [1.82, 2.24) is 9.21 Å². The van der Waals surface area contributed by atoms with E-state index in [9.17, 15) is 8.42 Å². The van der Waals surface area contributed by atoms with Gasteiger partial charge in [-0.25, -0.2) is 8.42 Å². The summed E-state index contributed by atoms with van der Waals surface area (Å²) in [6.07, 6.45) is 6.01. The van der Waals surface area contributed by atoms with Gasteiger partial charge in [0.05, 0.1) is 18.1 Å². The van der Waals surface area contributed by atoms with E-state index in [-0.39, 0.29) is 0 Å². The summed E-state index contributed by atoms with van der Waals surface area (Å²) >= 11 is 1.97. The molecule has 0 amide bonds. The molecule has 1 aromatic carbocycles. The van der Waals surface area contributed by atoms with Gasteiger partial charge in [0.15, 0.2) is 0 Å². The van der Waals surface area contributed by atoms with Gasteiger partial charge in [-0.3, -0.25) is 4.90 Å². The number of sulfonamides is 1. The number of thioether (sulfide) groups is 1. The summed E-state index contributed by atoms with van der Waals surface area (Å²) in [7, 11) is -1.28. The zero-order chi connectivity index (χ0) is 19.3. The molecule has 0 unspecified atom stereocenters.